The number of aromatic nitrogens is 1. The van der Waals surface area contributed by atoms with Crippen molar-refractivity contribution in [3.05, 3.63) is 94.4 Å². The highest BCUT2D eigenvalue weighted by molar-refractivity contribution is 6.42. The lowest BCUT2D eigenvalue weighted by Crippen LogP contribution is -2.21. The molecule has 0 spiro atoms. The fraction of sp³-hybridized carbons (Fsp3) is 0.0476. The van der Waals surface area contributed by atoms with Gasteiger partial charge in [-0.2, -0.15) is 0 Å². The van der Waals surface area contributed by atoms with E-state index < -0.39 is 0 Å². The van der Waals surface area contributed by atoms with Crippen LogP contribution in [0.2, 0.25) is 10.0 Å². The molecule has 2 aromatic carbocycles. The van der Waals surface area contributed by atoms with Crippen LogP contribution in [0.1, 0.15) is 17.5 Å². The topological polar surface area (TPSA) is 30.1 Å². The van der Waals surface area contributed by atoms with Crippen LogP contribution >= 0.6 is 23.2 Å². The molecule has 5 rings (SSSR count). The smallest absolute Gasteiger partial charge is 0.134 e. The van der Waals surface area contributed by atoms with Crippen molar-refractivity contribution in [2.45, 2.75) is 6.04 Å². The molecule has 128 valence electrons. The lowest BCUT2D eigenvalue weighted by molar-refractivity contribution is 0.504. The second kappa shape index (κ2) is 5.97. The predicted octanol–water partition coefficient (Wildman–Crippen LogP) is 6.56. The minimum Gasteiger partial charge on any atom is -0.458 e. The number of nitrogens with one attached hydrogen (secondary N) is 1. The van der Waals surface area contributed by atoms with Crippen LogP contribution in [-0.2, 0) is 0 Å². The number of nitrogens with zero attached hydrogens (tertiary/aromatic N) is 1. The van der Waals surface area contributed by atoms with Gasteiger partial charge in [0.15, 0.2) is 0 Å². The van der Waals surface area contributed by atoms with E-state index in [2.05, 4.69) is 40.3 Å². The van der Waals surface area contributed by atoms with E-state index in [0.29, 0.717) is 10.0 Å². The summed E-state index contributed by atoms with van der Waals surface area (Å²) in [6.07, 6.45) is 2.07. The van der Waals surface area contributed by atoms with E-state index >= 15 is 0 Å². The van der Waals surface area contributed by atoms with E-state index in [-0.39, 0.29) is 6.04 Å². The van der Waals surface area contributed by atoms with Crippen molar-refractivity contribution in [3.8, 4) is 17.0 Å². The molecule has 1 N–H and O–H groups in total. The number of para-hydroxylation sites is 2. The minimum atomic E-state index is -0.0589. The van der Waals surface area contributed by atoms with Crippen LogP contribution in [0.25, 0.3) is 17.0 Å². The number of furan rings is 1. The molecule has 1 atom stereocenters. The molecule has 5 heteroatoms. The van der Waals surface area contributed by atoms with E-state index in [1.54, 1.807) is 6.07 Å². The zero-order chi connectivity index (χ0) is 17.7. The summed E-state index contributed by atoms with van der Waals surface area (Å²) in [5, 5.41) is 4.63. The van der Waals surface area contributed by atoms with Crippen LogP contribution in [0.4, 0.5) is 5.69 Å². The van der Waals surface area contributed by atoms with Gasteiger partial charge >= 0.3 is 0 Å². The maximum atomic E-state index is 6.17. The Morgan fingerprint density at radius 3 is 2.65 bits per heavy atom. The summed E-state index contributed by atoms with van der Waals surface area (Å²) in [6, 6.07) is 21.8. The molecule has 26 heavy (non-hydrogen) atoms. The highest BCUT2D eigenvalue weighted by atomic mass is 35.5. The molecule has 0 fully saturated rings. The monoisotopic (exact) mass is 380 g/mol. The third-order valence-corrected chi connectivity index (χ3v) is 5.39. The quantitative estimate of drug-likeness (QED) is 0.426. The van der Waals surface area contributed by atoms with Gasteiger partial charge in [0.05, 0.1) is 27.1 Å². The van der Waals surface area contributed by atoms with E-state index in [1.807, 2.05) is 36.4 Å². The highest BCUT2D eigenvalue weighted by Gasteiger charge is 2.27. The van der Waals surface area contributed by atoms with Gasteiger partial charge < -0.3 is 14.3 Å². The van der Waals surface area contributed by atoms with E-state index in [9.17, 15) is 0 Å². The minimum absolute atomic E-state index is 0.0589. The Morgan fingerprint density at radius 2 is 1.77 bits per heavy atom. The first-order valence-corrected chi connectivity index (χ1v) is 9.04. The number of anilines is 1. The van der Waals surface area contributed by atoms with Crippen molar-refractivity contribution in [3.63, 3.8) is 0 Å². The Balaban J connectivity index is 1.56. The summed E-state index contributed by atoms with van der Waals surface area (Å²) in [6.45, 7) is 0. The van der Waals surface area contributed by atoms with Gasteiger partial charge in [0, 0.05) is 11.8 Å². The summed E-state index contributed by atoms with van der Waals surface area (Å²) >= 11 is 12.1. The zero-order valence-corrected chi connectivity index (χ0v) is 15.1. The van der Waals surface area contributed by atoms with Gasteiger partial charge in [-0.25, -0.2) is 0 Å². The average molecular weight is 381 g/mol. The Kier molecular flexibility index (Phi) is 3.59. The van der Waals surface area contributed by atoms with Crippen LogP contribution in [-0.4, -0.2) is 4.57 Å². The highest BCUT2D eigenvalue weighted by Crippen LogP contribution is 2.39. The van der Waals surface area contributed by atoms with Crippen LogP contribution < -0.4 is 5.32 Å². The second-order valence-corrected chi connectivity index (χ2v) is 7.04. The fourth-order valence-corrected chi connectivity index (χ4v) is 3.71. The largest absolute Gasteiger partial charge is 0.458 e. The third-order valence-electron chi connectivity index (χ3n) is 4.65. The normalized spacial score (nSPS) is 15.2. The van der Waals surface area contributed by atoms with Gasteiger partial charge in [0.1, 0.15) is 17.6 Å². The number of benzene rings is 2. The first-order valence-electron chi connectivity index (χ1n) is 8.29. The zero-order valence-electron chi connectivity index (χ0n) is 13.6. The molecule has 0 aliphatic carbocycles. The number of hydrogen-bond donors (Lipinski definition) is 1. The van der Waals surface area contributed by atoms with Crippen molar-refractivity contribution in [1.29, 1.82) is 0 Å². The van der Waals surface area contributed by atoms with E-state index in [4.69, 9.17) is 27.6 Å². The van der Waals surface area contributed by atoms with Crippen LogP contribution in [0.3, 0.4) is 0 Å². The molecule has 3 heterocycles. The molecule has 0 amide bonds. The number of fused-ring (bicyclic) bond motifs is 3. The van der Waals surface area contributed by atoms with Crippen LogP contribution in [0.5, 0.6) is 0 Å². The summed E-state index contributed by atoms with van der Waals surface area (Å²) in [7, 11) is 0. The van der Waals surface area contributed by atoms with Gasteiger partial charge in [-0.1, -0.05) is 35.3 Å². The molecule has 0 saturated carbocycles. The number of halogens is 2. The molecular formula is C21H14Cl2N2O. The van der Waals surface area contributed by atoms with Crippen LogP contribution in [0, 0.1) is 0 Å². The van der Waals surface area contributed by atoms with Gasteiger partial charge in [-0.05, 0) is 54.6 Å². The Morgan fingerprint density at radius 1 is 0.885 bits per heavy atom. The number of rotatable bonds is 2. The third kappa shape index (κ3) is 2.44. The van der Waals surface area contributed by atoms with Crippen molar-refractivity contribution in [1.82, 2.24) is 4.57 Å². The summed E-state index contributed by atoms with van der Waals surface area (Å²) in [5.74, 6) is 1.61. The van der Waals surface area contributed by atoms with Gasteiger partial charge in [0.25, 0.3) is 0 Å². The molecular weight excluding hydrogens is 367 g/mol. The van der Waals surface area contributed by atoms with Crippen molar-refractivity contribution < 1.29 is 4.42 Å². The van der Waals surface area contributed by atoms with Gasteiger partial charge in [-0.15, -0.1) is 0 Å². The Hall–Kier alpha value is -2.62. The SMILES string of the molecule is Clc1ccc(-c2ccc(C3Nc4ccccc4-n4cccc43)o2)cc1Cl. The summed E-state index contributed by atoms with van der Waals surface area (Å²) < 4.78 is 8.36. The Labute approximate surface area is 160 Å². The van der Waals surface area contributed by atoms with Crippen molar-refractivity contribution in [2.24, 2.45) is 0 Å². The maximum absolute atomic E-state index is 6.17. The lowest BCUT2D eigenvalue weighted by atomic mass is 10.1. The predicted molar refractivity (Wildman–Crippen MR) is 105 cm³/mol. The average Bonchev–Trinajstić information content (AvgIpc) is 3.33. The van der Waals surface area contributed by atoms with E-state index in [1.165, 1.54) is 0 Å². The molecule has 2 aromatic heterocycles. The first-order chi connectivity index (χ1) is 12.7. The van der Waals surface area contributed by atoms with Crippen LogP contribution in [0.15, 0.2) is 77.3 Å². The molecule has 4 aromatic rings. The van der Waals surface area contributed by atoms with Gasteiger partial charge in [-0.3, -0.25) is 0 Å². The maximum Gasteiger partial charge on any atom is 0.134 e. The molecule has 1 aliphatic heterocycles. The molecule has 3 nitrogen and oxygen atoms in total. The standard InChI is InChI=1S/C21H14Cl2N2O/c22-14-8-7-13(12-15(14)23)19-9-10-20(26-19)21-18-6-3-11-25(18)17-5-2-1-4-16(17)24-21/h1-12,21,24H. The Bertz CT molecular complexity index is 1110. The summed E-state index contributed by atoms with van der Waals surface area (Å²) in [4.78, 5) is 0. The molecule has 0 bridgehead atoms. The first kappa shape index (κ1) is 15.6. The lowest BCUT2D eigenvalue weighted by Gasteiger charge is -2.28. The second-order valence-electron chi connectivity index (χ2n) is 6.23. The molecule has 0 saturated heterocycles. The van der Waals surface area contributed by atoms with Gasteiger partial charge in [0.2, 0.25) is 0 Å². The van der Waals surface area contributed by atoms with Crippen molar-refractivity contribution >= 4 is 28.9 Å². The van der Waals surface area contributed by atoms with E-state index in [0.717, 1.165) is 34.2 Å². The van der Waals surface area contributed by atoms with Crippen molar-refractivity contribution in [2.75, 3.05) is 5.32 Å². The molecule has 1 aliphatic rings. The number of hydrogen-bond acceptors (Lipinski definition) is 2. The molecule has 1 unspecified atom stereocenters. The summed E-state index contributed by atoms with van der Waals surface area (Å²) in [5.41, 5.74) is 4.25. The fourth-order valence-electron chi connectivity index (χ4n) is 3.41. The molecule has 0 radical (unpaired) electrons.